The summed E-state index contributed by atoms with van der Waals surface area (Å²) < 4.78 is 10.4. The van der Waals surface area contributed by atoms with E-state index >= 15 is 0 Å². The molecule has 7 aromatic rings. The molecule has 0 radical (unpaired) electrons. The molecule has 3 fully saturated rings. The van der Waals surface area contributed by atoms with Crippen LogP contribution in [0.5, 0.6) is 0 Å². The number of rotatable bonds is 12. The first kappa shape index (κ1) is 43.1. The summed E-state index contributed by atoms with van der Waals surface area (Å²) in [5, 5.41) is 10.0. The molecule has 1 aliphatic carbocycles. The minimum absolute atomic E-state index is 0.0508. The lowest BCUT2D eigenvalue weighted by atomic mass is 9.84. The fraction of sp³-hybridized carbons (Fsp3) is 0.385. The molecule has 1 saturated carbocycles. The molecule has 340 valence electrons. The molecule has 0 bridgehead atoms. The van der Waals surface area contributed by atoms with Gasteiger partial charge in [0.25, 0.3) is 0 Å². The number of carbonyl (C=O) groups is 4. The third kappa shape index (κ3) is 8.01. The van der Waals surface area contributed by atoms with Crippen molar-refractivity contribution in [3.8, 4) is 11.1 Å². The Kier molecular flexibility index (Phi) is 11.7. The number of aromatic amines is 2. The fourth-order valence-corrected chi connectivity index (χ4v) is 10.3. The van der Waals surface area contributed by atoms with Gasteiger partial charge in [-0.1, -0.05) is 87.0 Å². The molecule has 2 saturated heterocycles. The van der Waals surface area contributed by atoms with Crippen molar-refractivity contribution in [2.45, 2.75) is 76.5 Å². The average Bonchev–Trinajstić information content (AvgIpc) is 4.14. The van der Waals surface area contributed by atoms with Crippen LogP contribution in [0.25, 0.3) is 54.7 Å². The SMILES string of the molecule is COC[C@H]1C[C@@H](c2nc3ccc4cc(-c5ccc6c(ccc7nc([C@@H]8CCCN8C(=O)[C@@H](NC(=O)OC)C(C)C)[nH]c76)c5)ccc4c3[nH]2)N(C(=O)[C@H](NC(=O)C2CCC2)c2ccccc2)C1. The van der Waals surface area contributed by atoms with Crippen molar-refractivity contribution in [2.75, 3.05) is 33.9 Å². The number of H-pyrrole nitrogens is 2. The first-order valence-corrected chi connectivity index (χ1v) is 23.2. The zero-order chi connectivity index (χ0) is 45.6. The standard InChI is InChI=1S/C52H56N8O6/c1-29(2)43(58-52(64)66-4)50(62)59-23-9-14-41(59)47-53-39-21-17-35-25-33(15-19-37(35)45(39)55-47)34-16-20-38-36(26-34)18-22-40-46(38)56-48(54-40)42-24-30(28-65-3)27-60(42)51(63)44(31-10-6-5-7-11-31)57-49(61)32-12-8-13-32/h5-7,10-11,15-22,25-26,29-30,32,41-44H,8-9,12-14,23-24,27-28H2,1-4H3,(H,53,55)(H,54,56)(H,57,61)(H,58,64)/t30-,41-,42-,43-,44+/m0/s1. The quantitative estimate of drug-likeness (QED) is 0.0943. The zero-order valence-electron chi connectivity index (χ0n) is 37.8. The number of aromatic nitrogens is 4. The van der Waals surface area contributed by atoms with Crippen LogP contribution < -0.4 is 10.6 Å². The molecule has 5 aromatic carbocycles. The highest BCUT2D eigenvalue weighted by atomic mass is 16.5. The Hall–Kier alpha value is -6.80. The van der Waals surface area contributed by atoms with Gasteiger partial charge in [-0.15, -0.1) is 0 Å². The van der Waals surface area contributed by atoms with Crippen molar-refractivity contribution in [1.82, 2.24) is 40.4 Å². The number of nitrogens with zero attached hydrogens (tertiary/aromatic N) is 4. The van der Waals surface area contributed by atoms with Crippen LogP contribution in [-0.2, 0) is 23.9 Å². The Labute approximate surface area is 382 Å². The second-order valence-electron chi connectivity index (χ2n) is 18.6. The van der Waals surface area contributed by atoms with Gasteiger partial charge in [0.05, 0.1) is 47.9 Å². The molecule has 14 heteroatoms. The molecule has 4 N–H and O–H groups in total. The van der Waals surface area contributed by atoms with E-state index in [1.807, 2.05) is 66.1 Å². The summed E-state index contributed by atoms with van der Waals surface area (Å²) >= 11 is 0. The van der Waals surface area contributed by atoms with Crippen LogP contribution in [0, 0.1) is 17.8 Å². The number of benzene rings is 5. The molecule has 66 heavy (non-hydrogen) atoms. The van der Waals surface area contributed by atoms with Gasteiger partial charge in [0, 0.05) is 42.8 Å². The van der Waals surface area contributed by atoms with Crippen LogP contribution >= 0.6 is 0 Å². The molecule has 10 rings (SSSR count). The lowest BCUT2D eigenvalue weighted by molar-refractivity contribution is -0.139. The van der Waals surface area contributed by atoms with Crippen molar-refractivity contribution < 1.29 is 28.7 Å². The van der Waals surface area contributed by atoms with Crippen LogP contribution in [0.15, 0.2) is 91.0 Å². The van der Waals surface area contributed by atoms with E-state index < -0.39 is 18.2 Å². The topological polar surface area (TPSA) is 175 Å². The highest BCUT2D eigenvalue weighted by molar-refractivity contribution is 6.07. The Morgan fingerprint density at radius 2 is 1.36 bits per heavy atom. The zero-order valence-corrected chi connectivity index (χ0v) is 37.8. The van der Waals surface area contributed by atoms with Crippen molar-refractivity contribution in [3.05, 3.63) is 108 Å². The molecule has 5 atom stereocenters. The number of nitrogens with one attached hydrogen (secondary N) is 4. The monoisotopic (exact) mass is 888 g/mol. The molecule has 14 nitrogen and oxygen atoms in total. The molecular weight excluding hydrogens is 833 g/mol. The largest absolute Gasteiger partial charge is 0.453 e. The van der Waals surface area contributed by atoms with Gasteiger partial charge in [-0.3, -0.25) is 14.4 Å². The average molecular weight is 889 g/mol. The minimum atomic E-state index is -0.799. The van der Waals surface area contributed by atoms with Gasteiger partial charge in [-0.2, -0.15) is 0 Å². The van der Waals surface area contributed by atoms with Crippen LogP contribution in [0.1, 0.15) is 87.7 Å². The third-order valence-electron chi connectivity index (χ3n) is 14.1. The van der Waals surface area contributed by atoms with E-state index in [4.69, 9.17) is 19.4 Å². The van der Waals surface area contributed by atoms with E-state index in [0.29, 0.717) is 26.1 Å². The molecule has 0 spiro atoms. The van der Waals surface area contributed by atoms with Crippen molar-refractivity contribution in [1.29, 1.82) is 0 Å². The van der Waals surface area contributed by atoms with E-state index in [1.165, 1.54) is 7.11 Å². The van der Waals surface area contributed by atoms with Gasteiger partial charge in [0.15, 0.2) is 0 Å². The summed E-state index contributed by atoms with van der Waals surface area (Å²) in [6.45, 7) is 5.42. The first-order valence-electron chi connectivity index (χ1n) is 23.2. The van der Waals surface area contributed by atoms with Gasteiger partial charge in [-0.05, 0) is 89.8 Å². The molecule has 2 aromatic heterocycles. The molecule has 2 aliphatic heterocycles. The molecule has 4 heterocycles. The Balaban J connectivity index is 0.917. The van der Waals surface area contributed by atoms with Gasteiger partial charge >= 0.3 is 6.09 Å². The third-order valence-corrected chi connectivity index (χ3v) is 14.1. The van der Waals surface area contributed by atoms with E-state index in [2.05, 4.69) is 69.1 Å². The van der Waals surface area contributed by atoms with Gasteiger partial charge in [-0.25, -0.2) is 14.8 Å². The second kappa shape index (κ2) is 17.9. The number of hydrogen-bond acceptors (Lipinski definition) is 8. The number of methoxy groups -OCH3 is 2. The van der Waals surface area contributed by atoms with Gasteiger partial charge in [0.2, 0.25) is 17.7 Å². The maximum Gasteiger partial charge on any atom is 0.407 e. The number of amides is 4. The number of imidazole rings is 2. The van der Waals surface area contributed by atoms with E-state index in [-0.39, 0.29) is 47.6 Å². The Morgan fingerprint density at radius 1 is 0.727 bits per heavy atom. The lowest BCUT2D eigenvalue weighted by Crippen LogP contribution is -2.51. The van der Waals surface area contributed by atoms with E-state index in [0.717, 1.165) is 104 Å². The molecule has 4 amide bonds. The van der Waals surface area contributed by atoms with E-state index in [9.17, 15) is 19.2 Å². The number of hydrogen-bond donors (Lipinski definition) is 4. The smallest absolute Gasteiger partial charge is 0.407 e. The molecule has 3 aliphatic rings. The Morgan fingerprint density at radius 3 is 1.94 bits per heavy atom. The number of alkyl carbamates (subject to hydrolysis) is 1. The number of carbonyl (C=O) groups excluding carboxylic acids is 4. The van der Waals surface area contributed by atoms with Crippen molar-refractivity contribution in [3.63, 3.8) is 0 Å². The predicted octanol–water partition coefficient (Wildman–Crippen LogP) is 8.65. The summed E-state index contributed by atoms with van der Waals surface area (Å²) in [6, 6.07) is 28.6. The highest BCUT2D eigenvalue weighted by Crippen LogP contribution is 2.40. The van der Waals surface area contributed by atoms with Gasteiger partial charge < -0.3 is 39.9 Å². The number of likely N-dealkylation sites (tertiary alicyclic amines) is 2. The number of ether oxygens (including phenoxy) is 2. The fourth-order valence-electron chi connectivity index (χ4n) is 10.3. The van der Waals surface area contributed by atoms with Crippen LogP contribution in [0.2, 0.25) is 0 Å². The molecular formula is C52H56N8O6. The maximum absolute atomic E-state index is 14.7. The Bertz CT molecular complexity index is 2980. The summed E-state index contributed by atoms with van der Waals surface area (Å²) in [5.41, 5.74) is 6.38. The van der Waals surface area contributed by atoms with Crippen molar-refractivity contribution in [2.24, 2.45) is 17.8 Å². The first-order chi connectivity index (χ1) is 32.1. The van der Waals surface area contributed by atoms with Crippen LogP contribution in [0.4, 0.5) is 4.79 Å². The van der Waals surface area contributed by atoms with Gasteiger partial charge in [0.1, 0.15) is 23.7 Å². The molecule has 0 unspecified atom stereocenters. The summed E-state index contributed by atoms with van der Waals surface area (Å²) in [6.07, 6.45) is 4.40. The second-order valence-corrected chi connectivity index (χ2v) is 18.6. The summed E-state index contributed by atoms with van der Waals surface area (Å²) in [7, 11) is 2.98. The van der Waals surface area contributed by atoms with Crippen molar-refractivity contribution >= 4 is 67.4 Å². The van der Waals surface area contributed by atoms with E-state index in [1.54, 1.807) is 7.11 Å². The lowest BCUT2D eigenvalue weighted by Gasteiger charge is -2.31. The predicted molar refractivity (Wildman–Crippen MR) is 253 cm³/mol. The normalized spacial score (nSPS) is 19.7. The van der Waals surface area contributed by atoms with Crippen LogP contribution in [0.3, 0.4) is 0 Å². The number of fused-ring (bicyclic) bond motifs is 6. The summed E-state index contributed by atoms with van der Waals surface area (Å²) in [4.78, 5) is 74.9. The summed E-state index contributed by atoms with van der Waals surface area (Å²) in [5.74, 6) is 1.05. The maximum atomic E-state index is 14.7. The highest BCUT2D eigenvalue weighted by Gasteiger charge is 2.42. The minimum Gasteiger partial charge on any atom is -0.453 e. The van der Waals surface area contributed by atoms with Crippen LogP contribution in [-0.4, -0.2) is 93.5 Å².